The SMILES string of the molecule is COc1ccccc1C(=O)N1CCCC[C@H]1c1ncc(Cc2cccc(Cl)c2)o1. The Bertz CT molecular complexity index is 1000. The summed E-state index contributed by atoms with van der Waals surface area (Å²) in [7, 11) is 1.58. The van der Waals surface area contributed by atoms with Gasteiger partial charge in [0.15, 0.2) is 0 Å². The highest BCUT2D eigenvalue weighted by Gasteiger charge is 2.33. The Morgan fingerprint density at radius 1 is 1.24 bits per heavy atom. The molecule has 1 fully saturated rings. The molecule has 0 aliphatic carbocycles. The third-order valence-corrected chi connectivity index (χ3v) is 5.46. The normalized spacial score (nSPS) is 16.6. The molecule has 2 heterocycles. The van der Waals surface area contributed by atoms with E-state index in [4.69, 9.17) is 20.8 Å². The van der Waals surface area contributed by atoms with E-state index in [1.807, 2.05) is 41.3 Å². The zero-order valence-corrected chi connectivity index (χ0v) is 17.1. The lowest BCUT2D eigenvalue weighted by Gasteiger charge is -2.34. The maximum absolute atomic E-state index is 13.3. The van der Waals surface area contributed by atoms with E-state index in [1.165, 1.54) is 0 Å². The summed E-state index contributed by atoms with van der Waals surface area (Å²) in [5.74, 6) is 1.88. The van der Waals surface area contributed by atoms with E-state index < -0.39 is 0 Å². The van der Waals surface area contributed by atoms with E-state index in [0.29, 0.717) is 35.2 Å². The van der Waals surface area contributed by atoms with Crippen LogP contribution in [0.3, 0.4) is 0 Å². The highest BCUT2D eigenvalue weighted by Crippen LogP contribution is 2.33. The van der Waals surface area contributed by atoms with Crippen molar-refractivity contribution < 1.29 is 13.9 Å². The molecule has 150 valence electrons. The summed E-state index contributed by atoms with van der Waals surface area (Å²) in [6.45, 7) is 0.674. The largest absolute Gasteiger partial charge is 0.496 e. The molecule has 5 nitrogen and oxygen atoms in total. The summed E-state index contributed by atoms with van der Waals surface area (Å²) in [5.41, 5.74) is 1.62. The Labute approximate surface area is 175 Å². The lowest BCUT2D eigenvalue weighted by atomic mass is 10.0. The molecule has 0 saturated carbocycles. The summed E-state index contributed by atoms with van der Waals surface area (Å²) in [6, 6.07) is 14.8. The second-order valence-corrected chi connectivity index (χ2v) is 7.62. The van der Waals surface area contributed by atoms with Crippen molar-refractivity contribution in [3.8, 4) is 5.75 Å². The number of likely N-dealkylation sites (tertiary alicyclic amines) is 1. The van der Waals surface area contributed by atoms with Crippen molar-refractivity contribution in [2.45, 2.75) is 31.7 Å². The smallest absolute Gasteiger partial charge is 0.258 e. The van der Waals surface area contributed by atoms with Crippen molar-refractivity contribution in [3.63, 3.8) is 0 Å². The van der Waals surface area contributed by atoms with Crippen LogP contribution in [-0.2, 0) is 6.42 Å². The predicted octanol–water partition coefficient (Wildman–Crippen LogP) is 5.29. The number of rotatable bonds is 5. The van der Waals surface area contributed by atoms with Gasteiger partial charge in [-0.15, -0.1) is 0 Å². The maximum Gasteiger partial charge on any atom is 0.258 e. The van der Waals surface area contributed by atoms with Crippen LogP contribution in [0.1, 0.15) is 52.9 Å². The summed E-state index contributed by atoms with van der Waals surface area (Å²) < 4.78 is 11.4. The van der Waals surface area contributed by atoms with Crippen LogP contribution >= 0.6 is 11.6 Å². The van der Waals surface area contributed by atoms with Crippen LogP contribution in [-0.4, -0.2) is 29.4 Å². The Kier molecular flexibility index (Phi) is 5.86. The molecule has 0 unspecified atom stereocenters. The van der Waals surface area contributed by atoms with Crippen molar-refractivity contribution in [1.82, 2.24) is 9.88 Å². The molecule has 1 aliphatic rings. The van der Waals surface area contributed by atoms with Gasteiger partial charge in [-0.1, -0.05) is 35.9 Å². The second-order valence-electron chi connectivity index (χ2n) is 7.18. The third kappa shape index (κ3) is 4.30. The number of para-hydroxylation sites is 1. The number of aromatic nitrogens is 1. The molecule has 1 aromatic heterocycles. The van der Waals surface area contributed by atoms with E-state index in [-0.39, 0.29) is 11.9 Å². The molecule has 4 rings (SSSR count). The minimum Gasteiger partial charge on any atom is -0.496 e. The highest BCUT2D eigenvalue weighted by atomic mass is 35.5. The van der Waals surface area contributed by atoms with Gasteiger partial charge < -0.3 is 14.1 Å². The number of hydrogen-bond donors (Lipinski definition) is 0. The van der Waals surface area contributed by atoms with Gasteiger partial charge >= 0.3 is 0 Å². The molecule has 1 amide bonds. The predicted molar refractivity (Wildman–Crippen MR) is 111 cm³/mol. The number of carbonyl (C=O) groups excluding carboxylic acids is 1. The molecule has 0 N–H and O–H groups in total. The Morgan fingerprint density at radius 2 is 2.10 bits per heavy atom. The van der Waals surface area contributed by atoms with Gasteiger partial charge in [0.25, 0.3) is 5.91 Å². The number of halogens is 1. The number of nitrogens with zero attached hydrogens (tertiary/aromatic N) is 2. The molecule has 3 aromatic rings. The molecule has 0 radical (unpaired) electrons. The number of amides is 1. The van der Waals surface area contributed by atoms with Crippen molar-refractivity contribution in [3.05, 3.63) is 82.5 Å². The lowest BCUT2D eigenvalue weighted by Crippen LogP contribution is -2.38. The minimum atomic E-state index is -0.172. The minimum absolute atomic E-state index is 0.0539. The number of benzene rings is 2. The summed E-state index contributed by atoms with van der Waals surface area (Å²) in [6.07, 6.45) is 5.19. The number of methoxy groups -OCH3 is 1. The zero-order valence-electron chi connectivity index (χ0n) is 16.3. The van der Waals surface area contributed by atoms with E-state index in [0.717, 1.165) is 30.6 Å². The molecule has 1 saturated heterocycles. The number of oxazole rings is 1. The number of carbonyl (C=O) groups is 1. The molecular formula is C23H23ClN2O3. The van der Waals surface area contributed by atoms with Gasteiger partial charge in [-0.3, -0.25) is 4.79 Å². The van der Waals surface area contributed by atoms with Crippen LogP contribution in [0.5, 0.6) is 5.75 Å². The first kappa shape index (κ1) is 19.5. The summed E-state index contributed by atoms with van der Waals surface area (Å²) in [4.78, 5) is 19.6. The van der Waals surface area contributed by atoms with E-state index in [2.05, 4.69) is 4.98 Å². The number of hydrogen-bond acceptors (Lipinski definition) is 4. The molecule has 6 heteroatoms. The standard InChI is InChI=1S/C23H23ClN2O3/c1-28-21-11-3-2-9-19(21)23(27)26-12-5-4-10-20(26)22-25-15-18(29-22)14-16-7-6-8-17(24)13-16/h2-3,6-9,11,13,15,20H,4-5,10,12,14H2,1H3/t20-/m0/s1. The Morgan fingerprint density at radius 3 is 2.93 bits per heavy atom. The summed E-state index contributed by atoms with van der Waals surface area (Å²) in [5, 5.41) is 0.697. The molecule has 29 heavy (non-hydrogen) atoms. The fourth-order valence-corrected chi connectivity index (χ4v) is 4.03. The van der Waals surface area contributed by atoms with Crippen LogP contribution in [0.25, 0.3) is 0 Å². The van der Waals surface area contributed by atoms with Gasteiger partial charge in [0.2, 0.25) is 5.89 Å². The van der Waals surface area contributed by atoms with E-state index >= 15 is 0 Å². The fourth-order valence-electron chi connectivity index (χ4n) is 3.81. The van der Waals surface area contributed by atoms with Crippen LogP contribution in [0.2, 0.25) is 5.02 Å². The van der Waals surface area contributed by atoms with E-state index in [1.54, 1.807) is 25.4 Å². The maximum atomic E-state index is 13.3. The molecule has 0 bridgehead atoms. The molecule has 0 spiro atoms. The van der Waals surface area contributed by atoms with Crippen LogP contribution in [0, 0.1) is 0 Å². The monoisotopic (exact) mass is 410 g/mol. The first-order valence-electron chi connectivity index (χ1n) is 9.78. The summed E-state index contributed by atoms with van der Waals surface area (Å²) >= 11 is 6.07. The lowest BCUT2D eigenvalue weighted by molar-refractivity contribution is 0.0566. The molecule has 1 aliphatic heterocycles. The van der Waals surface area contributed by atoms with Crippen molar-refractivity contribution in [2.75, 3.05) is 13.7 Å². The van der Waals surface area contributed by atoms with Gasteiger partial charge in [-0.25, -0.2) is 4.98 Å². The first-order valence-corrected chi connectivity index (χ1v) is 10.2. The second kappa shape index (κ2) is 8.70. The van der Waals surface area contributed by atoms with Crippen LogP contribution in [0.4, 0.5) is 0 Å². The highest BCUT2D eigenvalue weighted by molar-refractivity contribution is 6.30. The molecule has 2 aromatic carbocycles. The van der Waals surface area contributed by atoms with Crippen molar-refractivity contribution in [2.24, 2.45) is 0 Å². The van der Waals surface area contributed by atoms with Gasteiger partial charge in [0.05, 0.1) is 18.9 Å². The first-order chi connectivity index (χ1) is 14.2. The van der Waals surface area contributed by atoms with Gasteiger partial charge in [-0.05, 0) is 49.1 Å². The van der Waals surface area contributed by atoms with Gasteiger partial charge in [0, 0.05) is 18.0 Å². The number of ether oxygens (including phenoxy) is 1. The average Bonchev–Trinajstić information content (AvgIpc) is 3.21. The fraction of sp³-hybridized carbons (Fsp3) is 0.304. The van der Waals surface area contributed by atoms with Crippen LogP contribution < -0.4 is 4.74 Å². The van der Waals surface area contributed by atoms with Crippen molar-refractivity contribution >= 4 is 17.5 Å². The van der Waals surface area contributed by atoms with Gasteiger partial charge in [-0.2, -0.15) is 0 Å². The Hall–Kier alpha value is -2.79. The molecular weight excluding hydrogens is 388 g/mol. The average molecular weight is 411 g/mol. The quantitative estimate of drug-likeness (QED) is 0.573. The molecule has 1 atom stereocenters. The number of piperidine rings is 1. The zero-order chi connectivity index (χ0) is 20.2. The van der Waals surface area contributed by atoms with E-state index in [9.17, 15) is 4.79 Å². The van der Waals surface area contributed by atoms with Crippen molar-refractivity contribution in [1.29, 1.82) is 0 Å². The third-order valence-electron chi connectivity index (χ3n) is 5.22. The van der Waals surface area contributed by atoms with Gasteiger partial charge in [0.1, 0.15) is 17.6 Å². The topological polar surface area (TPSA) is 55.6 Å². The Balaban J connectivity index is 1.56. The van der Waals surface area contributed by atoms with Crippen LogP contribution in [0.15, 0.2) is 59.1 Å².